The summed E-state index contributed by atoms with van der Waals surface area (Å²) in [5.74, 6) is 7.23. The Kier molecular flexibility index (Phi) is 6.37. The van der Waals surface area contributed by atoms with Gasteiger partial charge >= 0.3 is 0 Å². The minimum absolute atomic E-state index is 0.0633. The van der Waals surface area contributed by atoms with Crippen molar-refractivity contribution in [3.05, 3.63) is 82.8 Å². The average molecular weight is 466 g/mol. The molecule has 176 valence electrons. The van der Waals surface area contributed by atoms with E-state index in [1.807, 2.05) is 0 Å². The molecule has 3 aromatic rings. The van der Waals surface area contributed by atoms with Crippen molar-refractivity contribution in [2.45, 2.75) is 31.9 Å². The van der Waals surface area contributed by atoms with Gasteiger partial charge in [-0.1, -0.05) is 30.2 Å². The molecule has 1 spiro atoms. The molecule has 2 aliphatic rings. The minimum Gasteiger partial charge on any atom is -0.481 e. The first kappa shape index (κ1) is 22.9. The third-order valence-electron chi connectivity index (χ3n) is 7.13. The standard InChI is InChI=1S/C28H27N5O2/c29-17-20-7-9-23(10-8-20)35-15-3-5-22-18-31-27(25(19-34)32-22)33-13-11-28(12-14-33)16-21-4-1-2-6-24(21)26(28)30/h1-2,4,6-10,18,26,34H,11-16,19,30H2/t26-/m1/s1. The Morgan fingerprint density at radius 1 is 1.14 bits per heavy atom. The zero-order chi connectivity index (χ0) is 24.3. The van der Waals surface area contributed by atoms with Crippen molar-refractivity contribution in [1.29, 1.82) is 5.26 Å². The second kappa shape index (κ2) is 9.76. The first-order chi connectivity index (χ1) is 17.1. The summed E-state index contributed by atoms with van der Waals surface area (Å²) in [5, 5.41) is 18.8. The number of rotatable bonds is 4. The summed E-state index contributed by atoms with van der Waals surface area (Å²) < 4.78 is 5.58. The maximum absolute atomic E-state index is 9.96. The molecule has 7 heteroatoms. The van der Waals surface area contributed by atoms with Gasteiger partial charge in [-0.2, -0.15) is 5.26 Å². The summed E-state index contributed by atoms with van der Waals surface area (Å²) in [7, 11) is 0. The molecule has 1 aromatic heterocycles. The second-order valence-corrected chi connectivity index (χ2v) is 9.11. The van der Waals surface area contributed by atoms with Crippen LogP contribution in [0.2, 0.25) is 0 Å². The van der Waals surface area contributed by atoms with Gasteiger partial charge in [0.25, 0.3) is 0 Å². The van der Waals surface area contributed by atoms with Crippen LogP contribution in [-0.4, -0.2) is 34.8 Å². The highest BCUT2D eigenvalue weighted by Crippen LogP contribution is 2.50. The van der Waals surface area contributed by atoms with Crippen LogP contribution in [0.3, 0.4) is 0 Å². The van der Waals surface area contributed by atoms with Gasteiger partial charge in [0.1, 0.15) is 23.7 Å². The number of anilines is 1. The monoisotopic (exact) mass is 465 g/mol. The van der Waals surface area contributed by atoms with Gasteiger partial charge in [0.15, 0.2) is 5.82 Å². The molecule has 0 amide bonds. The van der Waals surface area contributed by atoms with Gasteiger partial charge in [0, 0.05) is 19.1 Å². The number of aliphatic hydroxyl groups excluding tert-OH is 1. The number of hydrogen-bond acceptors (Lipinski definition) is 7. The van der Waals surface area contributed by atoms with Gasteiger partial charge in [0.2, 0.25) is 0 Å². The van der Waals surface area contributed by atoms with Crippen LogP contribution in [0.1, 0.15) is 47.0 Å². The number of fused-ring (bicyclic) bond motifs is 1. The van der Waals surface area contributed by atoms with Gasteiger partial charge in [-0.05, 0) is 66.0 Å². The Hall–Kier alpha value is -3.91. The van der Waals surface area contributed by atoms with Crippen LogP contribution < -0.4 is 15.4 Å². The van der Waals surface area contributed by atoms with Crippen LogP contribution in [0.25, 0.3) is 0 Å². The number of ether oxygens (including phenoxy) is 1. The molecular formula is C28H27N5O2. The average Bonchev–Trinajstić information content (AvgIpc) is 3.18. The van der Waals surface area contributed by atoms with E-state index in [2.05, 4.69) is 57.0 Å². The summed E-state index contributed by atoms with van der Waals surface area (Å²) in [6.45, 7) is 1.63. The molecule has 0 unspecified atom stereocenters. The van der Waals surface area contributed by atoms with Gasteiger partial charge < -0.3 is 20.5 Å². The van der Waals surface area contributed by atoms with E-state index in [9.17, 15) is 5.11 Å². The first-order valence-electron chi connectivity index (χ1n) is 11.8. The number of nitriles is 1. The number of piperidine rings is 1. The Labute approximate surface area is 205 Å². The van der Waals surface area contributed by atoms with Crippen molar-refractivity contribution in [3.8, 4) is 23.7 Å². The minimum atomic E-state index is -0.202. The van der Waals surface area contributed by atoms with E-state index in [0.717, 1.165) is 32.4 Å². The molecule has 1 saturated heterocycles. The lowest BCUT2D eigenvalue weighted by atomic mass is 9.73. The lowest BCUT2D eigenvalue weighted by Gasteiger charge is -2.42. The zero-order valence-corrected chi connectivity index (χ0v) is 19.4. The molecule has 0 bridgehead atoms. The summed E-state index contributed by atoms with van der Waals surface area (Å²) in [5.41, 5.74) is 11.0. The van der Waals surface area contributed by atoms with Gasteiger partial charge in [0.05, 0.1) is 24.4 Å². The Balaban J connectivity index is 1.22. The summed E-state index contributed by atoms with van der Waals surface area (Å²) in [4.78, 5) is 11.3. The van der Waals surface area contributed by atoms with E-state index in [1.165, 1.54) is 11.1 Å². The van der Waals surface area contributed by atoms with Crippen molar-refractivity contribution in [2.75, 3.05) is 24.6 Å². The highest BCUT2D eigenvalue weighted by Gasteiger charge is 2.46. The fraction of sp³-hybridized carbons (Fsp3) is 0.321. The lowest BCUT2D eigenvalue weighted by Crippen LogP contribution is -2.45. The molecule has 3 N–H and O–H groups in total. The van der Waals surface area contributed by atoms with Crippen LogP contribution in [0.4, 0.5) is 5.82 Å². The molecular weight excluding hydrogens is 438 g/mol. The number of nitrogens with two attached hydrogens (primary N) is 1. The fourth-order valence-electron chi connectivity index (χ4n) is 5.19. The SMILES string of the molecule is N#Cc1ccc(OCC#Cc2cnc(N3CCC4(CC3)Cc3ccccc3[C@H]4N)c(CO)n2)cc1. The molecule has 2 aromatic carbocycles. The van der Waals surface area contributed by atoms with Crippen molar-refractivity contribution in [1.82, 2.24) is 9.97 Å². The van der Waals surface area contributed by atoms with E-state index < -0.39 is 0 Å². The van der Waals surface area contributed by atoms with E-state index in [-0.39, 0.29) is 24.7 Å². The van der Waals surface area contributed by atoms with E-state index >= 15 is 0 Å². The quantitative estimate of drug-likeness (QED) is 0.570. The molecule has 0 radical (unpaired) electrons. The van der Waals surface area contributed by atoms with Crippen LogP contribution in [0.15, 0.2) is 54.7 Å². The van der Waals surface area contributed by atoms with Crippen LogP contribution in [0, 0.1) is 28.6 Å². The predicted octanol–water partition coefficient (Wildman–Crippen LogP) is 3.11. The summed E-state index contributed by atoms with van der Waals surface area (Å²) in [6.07, 6.45) is 4.62. The lowest BCUT2D eigenvalue weighted by molar-refractivity contribution is 0.186. The largest absolute Gasteiger partial charge is 0.481 e. The topological polar surface area (TPSA) is 108 Å². The Morgan fingerprint density at radius 2 is 1.91 bits per heavy atom. The molecule has 2 heterocycles. The highest BCUT2D eigenvalue weighted by molar-refractivity contribution is 5.47. The van der Waals surface area contributed by atoms with Gasteiger partial charge in [-0.25, -0.2) is 9.97 Å². The third-order valence-corrected chi connectivity index (χ3v) is 7.13. The molecule has 1 aliphatic heterocycles. The van der Waals surface area contributed by atoms with E-state index in [0.29, 0.717) is 28.5 Å². The number of aliphatic hydroxyl groups is 1. The van der Waals surface area contributed by atoms with Crippen LogP contribution in [0.5, 0.6) is 5.75 Å². The van der Waals surface area contributed by atoms with Crippen molar-refractivity contribution >= 4 is 5.82 Å². The predicted molar refractivity (Wildman–Crippen MR) is 132 cm³/mol. The maximum atomic E-state index is 9.96. The maximum Gasteiger partial charge on any atom is 0.152 e. The number of benzene rings is 2. The van der Waals surface area contributed by atoms with Gasteiger partial charge in [-0.3, -0.25) is 0 Å². The number of hydrogen-bond donors (Lipinski definition) is 2. The molecule has 1 fully saturated rings. The molecule has 5 rings (SSSR count). The normalized spacial score (nSPS) is 17.9. The smallest absolute Gasteiger partial charge is 0.152 e. The molecule has 1 atom stereocenters. The molecule has 35 heavy (non-hydrogen) atoms. The van der Waals surface area contributed by atoms with Crippen molar-refractivity contribution < 1.29 is 9.84 Å². The highest BCUT2D eigenvalue weighted by atomic mass is 16.5. The van der Waals surface area contributed by atoms with Gasteiger partial charge in [-0.15, -0.1) is 0 Å². The van der Waals surface area contributed by atoms with Crippen molar-refractivity contribution in [3.63, 3.8) is 0 Å². The second-order valence-electron chi connectivity index (χ2n) is 9.11. The summed E-state index contributed by atoms with van der Waals surface area (Å²) in [6, 6.07) is 17.5. The van der Waals surface area contributed by atoms with E-state index in [4.69, 9.17) is 15.7 Å². The Morgan fingerprint density at radius 3 is 2.63 bits per heavy atom. The number of aromatic nitrogens is 2. The fourth-order valence-corrected chi connectivity index (χ4v) is 5.19. The first-order valence-corrected chi connectivity index (χ1v) is 11.8. The van der Waals surface area contributed by atoms with Crippen LogP contribution in [-0.2, 0) is 13.0 Å². The number of nitrogens with zero attached hydrogens (tertiary/aromatic N) is 4. The third kappa shape index (κ3) is 4.57. The zero-order valence-electron chi connectivity index (χ0n) is 19.4. The molecule has 7 nitrogen and oxygen atoms in total. The van der Waals surface area contributed by atoms with Crippen LogP contribution >= 0.6 is 0 Å². The van der Waals surface area contributed by atoms with E-state index in [1.54, 1.807) is 30.5 Å². The van der Waals surface area contributed by atoms with Crippen molar-refractivity contribution in [2.24, 2.45) is 11.1 Å². The summed E-state index contributed by atoms with van der Waals surface area (Å²) >= 11 is 0. The molecule has 0 saturated carbocycles. The molecule has 1 aliphatic carbocycles. The Bertz CT molecular complexity index is 1310.